The van der Waals surface area contributed by atoms with Gasteiger partial charge >= 0.3 is 6.01 Å². The van der Waals surface area contributed by atoms with E-state index in [1.165, 1.54) is 30.3 Å². The van der Waals surface area contributed by atoms with Crippen LogP contribution in [0.4, 0.5) is 19.0 Å². The minimum absolute atomic E-state index is 0.00264. The molecule has 4 aromatic rings. The Kier molecular flexibility index (Phi) is 6.37. The van der Waals surface area contributed by atoms with E-state index < -0.39 is 23.3 Å². The Morgan fingerprint density at radius 2 is 2.00 bits per heavy atom. The highest BCUT2D eigenvalue weighted by Crippen LogP contribution is 2.45. The molecule has 3 atom stereocenters. The number of ether oxygens (including phenoxy) is 2. The minimum atomic E-state index is -0.914. The molecule has 0 unspecified atom stereocenters. The number of phenols is 1. The van der Waals surface area contributed by atoms with Gasteiger partial charge in [0.1, 0.15) is 53.4 Å². The lowest BCUT2D eigenvalue weighted by molar-refractivity contribution is 0.107. The molecule has 0 aliphatic carbocycles. The van der Waals surface area contributed by atoms with Crippen LogP contribution in [0.5, 0.6) is 17.6 Å². The van der Waals surface area contributed by atoms with Crippen LogP contribution in [-0.2, 0) is 0 Å². The maximum absolute atomic E-state index is 16.9. The van der Waals surface area contributed by atoms with Gasteiger partial charge in [-0.15, -0.1) is 0 Å². The number of hydrogen-bond acceptors (Lipinski definition) is 8. The zero-order valence-corrected chi connectivity index (χ0v) is 24.2. The van der Waals surface area contributed by atoms with E-state index in [9.17, 15) is 13.9 Å². The molecule has 2 aromatic carbocycles. The fraction of sp³-hybridized carbons (Fsp3) is 0.424. The standard InChI is InChI=1S/C33H32F3N5O3/c1-2-22-24(35)8-7-18-12-21(42)13-23(25(18)22)28-27(36)29-26-30(41-11-4-3-6-20(41)16-43-31(26)37-28)39-32(38-29)44-17-33-9-5-10-40(33)15-19(34)14-33/h2,7-8,12-13,19-20,42H,1,3-6,9-11,14-17H2/t19-,20+,33+/m1/s1. The van der Waals surface area contributed by atoms with E-state index in [1.807, 2.05) is 0 Å². The number of rotatable bonds is 5. The summed E-state index contributed by atoms with van der Waals surface area (Å²) in [6, 6.07) is 5.65. The highest BCUT2D eigenvalue weighted by Gasteiger charge is 2.49. The number of benzene rings is 2. The van der Waals surface area contributed by atoms with Crippen LogP contribution in [0.15, 0.2) is 30.8 Å². The molecule has 4 aliphatic heterocycles. The van der Waals surface area contributed by atoms with Crippen molar-refractivity contribution < 1.29 is 27.8 Å². The maximum Gasteiger partial charge on any atom is 0.319 e. The summed E-state index contributed by atoms with van der Waals surface area (Å²) < 4.78 is 58.7. The third-order valence-electron chi connectivity index (χ3n) is 9.80. The van der Waals surface area contributed by atoms with Gasteiger partial charge in [-0.25, -0.2) is 18.2 Å². The molecule has 3 saturated heterocycles. The van der Waals surface area contributed by atoms with Crippen molar-refractivity contribution in [3.63, 3.8) is 0 Å². The lowest BCUT2D eigenvalue weighted by Gasteiger charge is -2.35. The fourth-order valence-corrected chi connectivity index (χ4v) is 7.77. The van der Waals surface area contributed by atoms with E-state index >= 15 is 4.39 Å². The van der Waals surface area contributed by atoms with Crippen LogP contribution in [0.2, 0.25) is 0 Å². The van der Waals surface area contributed by atoms with E-state index in [-0.39, 0.29) is 52.6 Å². The molecule has 2 aromatic heterocycles. The van der Waals surface area contributed by atoms with Crippen molar-refractivity contribution in [2.24, 2.45) is 0 Å². The third kappa shape index (κ3) is 4.19. The van der Waals surface area contributed by atoms with Gasteiger partial charge < -0.3 is 19.5 Å². The molecule has 8 rings (SSSR count). The van der Waals surface area contributed by atoms with Gasteiger partial charge in [0.2, 0.25) is 5.88 Å². The van der Waals surface area contributed by atoms with Crippen molar-refractivity contribution in [2.75, 3.05) is 37.7 Å². The average molecular weight is 604 g/mol. The van der Waals surface area contributed by atoms with E-state index in [0.29, 0.717) is 48.1 Å². The molecular formula is C33H32F3N5O3. The van der Waals surface area contributed by atoms with Crippen molar-refractivity contribution in [1.82, 2.24) is 19.9 Å². The van der Waals surface area contributed by atoms with Crippen LogP contribution < -0.4 is 14.4 Å². The topological polar surface area (TPSA) is 83.8 Å². The molecule has 44 heavy (non-hydrogen) atoms. The lowest BCUT2D eigenvalue weighted by atomic mass is 9.95. The molecule has 0 amide bonds. The van der Waals surface area contributed by atoms with Crippen LogP contribution in [0.1, 0.15) is 44.1 Å². The quantitative estimate of drug-likeness (QED) is 0.290. The Labute approximate surface area is 252 Å². The molecule has 1 N–H and O–H groups in total. The van der Waals surface area contributed by atoms with E-state index in [1.54, 1.807) is 0 Å². The van der Waals surface area contributed by atoms with Crippen molar-refractivity contribution in [3.05, 3.63) is 48.0 Å². The molecule has 6 heterocycles. The highest BCUT2D eigenvalue weighted by atomic mass is 19.1. The number of aromatic hydroxyl groups is 1. The summed E-state index contributed by atoms with van der Waals surface area (Å²) >= 11 is 0. The Morgan fingerprint density at radius 3 is 2.86 bits per heavy atom. The first-order valence-electron chi connectivity index (χ1n) is 15.3. The Hall–Kier alpha value is -4.12. The molecule has 0 spiro atoms. The monoisotopic (exact) mass is 603 g/mol. The number of anilines is 1. The number of piperidine rings is 1. The second-order valence-corrected chi connectivity index (χ2v) is 12.4. The van der Waals surface area contributed by atoms with Crippen molar-refractivity contribution >= 4 is 33.6 Å². The van der Waals surface area contributed by atoms with Crippen LogP contribution in [-0.4, -0.2) is 75.6 Å². The predicted octanol–water partition coefficient (Wildman–Crippen LogP) is 6.18. The largest absolute Gasteiger partial charge is 0.508 e. The number of nitrogens with zero attached hydrogens (tertiary/aromatic N) is 5. The first-order chi connectivity index (χ1) is 21.3. The van der Waals surface area contributed by atoms with Gasteiger partial charge in [-0.05, 0) is 62.2 Å². The third-order valence-corrected chi connectivity index (χ3v) is 9.80. The summed E-state index contributed by atoms with van der Waals surface area (Å²) in [5.74, 6) is -0.774. The molecule has 0 radical (unpaired) electrons. The Bertz CT molecular complexity index is 1840. The van der Waals surface area contributed by atoms with E-state index in [4.69, 9.17) is 14.5 Å². The highest BCUT2D eigenvalue weighted by molar-refractivity contribution is 6.05. The van der Waals surface area contributed by atoms with Gasteiger partial charge in [0.05, 0.1) is 11.6 Å². The summed E-state index contributed by atoms with van der Waals surface area (Å²) in [5, 5.41) is 11.8. The van der Waals surface area contributed by atoms with Crippen LogP contribution >= 0.6 is 0 Å². The molecule has 11 heteroatoms. The number of pyridine rings is 1. The SMILES string of the molecule is C=Cc1c(F)ccc2cc(O)cc(-c3nc4c5c(nc(OC[C@@]67CCCN6C[C@H](F)C7)nc5c3F)N3CCCC[C@H]3CO4)c12. The number of phenolic OH excluding ortho intramolecular Hbond substituents is 1. The summed E-state index contributed by atoms with van der Waals surface area (Å²) in [6.07, 6.45) is 5.46. The fourth-order valence-electron chi connectivity index (χ4n) is 7.77. The molecular weight excluding hydrogens is 571 g/mol. The summed E-state index contributed by atoms with van der Waals surface area (Å²) in [7, 11) is 0. The second kappa shape index (κ2) is 10.2. The number of halogens is 3. The molecule has 0 bridgehead atoms. The van der Waals surface area contributed by atoms with Gasteiger partial charge in [0.15, 0.2) is 5.82 Å². The van der Waals surface area contributed by atoms with Crippen molar-refractivity contribution in [3.8, 4) is 28.9 Å². The van der Waals surface area contributed by atoms with Crippen LogP contribution in [0.25, 0.3) is 39.0 Å². The smallest absolute Gasteiger partial charge is 0.319 e. The van der Waals surface area contributed by atoms with Gasteiger partial charge in [0.25, 0.3) is 0 Å². The maximum atomic E-state index is 16.9. The van der Waals surface area contributed by atoms with Crippen molar-refractivity contribution in [2.45, 2.75) is 56.3 Å². The number of alkyl halides is 1. The summed E-state index contributed by atoms with van der Waals surface area (Å²) in [5.41, 5.74) is -0.271. The predicted molar refractivity (Wildman–Crippen MR) is 161 cm³/mol. The van der Waals surface area contributed by atoms with Gasteiger partial charge in [-0.1, -0.05) is 18.7 Å². The van der Waals surface area contributed by atoms with Crippen molar-refractivity contribution in [1.29, 1.82) is 0 Å². The van der Waals surface area contributed by atoms with E-state index in [2.05, 4.69) is 26.3 Å². The van der Waals surface area contributed by atoms with E-state index in [0.717, 1.165) is 38.6 Å². The van der Waals surface area contributed by atoms with Gasteiger partial charge in [-0.2, -0.15) is 9.97 Å². The Morgan fingerprint density at radius 1 is 1.11 bits per heavy atom. The normalized spacial score (nSPS) is 24.7. The molecule has 4 aliphatic rings. The number of fused-ring (bicyclic) bond motifs is 4. The molecule has 8 nitrogen and oxygen atoms in total. The van der Waals surface area contributed by atoms with Crippen LogP contribution in [0.3, 0.4) is 0 Å². The second-order valence-electron chi connectivity index (χ2n) is 12.4. The van der Waals surface area contributed by atoms with Gasteiger partial charge in [0, 0.05) is 36.0 Å². The van der Waals surface area contributed by atoms with Crippen LogP contribution in [0, 0.1) is 11.6 Å². The molecule has 228 valence electrons. The van der Waals surface area contributed by atoms with Gasteiger partial charge in [-0.3, -0.25) is 4.90 Å². The summed E-state index contributed by atoms with van der Waals surface area (Å²) in [4.78, 5) is 18.3. The zero-order chi connectivity index (χ0) is 30.2. The number of hydrogen-bond donors (Lipinski definition) is 1. The first-order valence-corrected chi connectivity index (χ1v) is 15.3. The molecule has 3 fully saturated rings. The zero-order valence-electron chi connectivity index (χ0n) is 24.2. The first kappa shape index (κ1) is 27.4. The summed E-state index contributed by atoms with van der Waals surface area (Å²) in [6.45, 7) is 6.20. The minimum Gasteiger partial charge on any atom is -0.508 e. The molecule has 0 saturated carbocycles. The average Bonchev–Trinajstić information content (AvgIpc) is 3.49. The Balaban J connectivity index is 1.33. The lowest BCUT2D eigenvalue weighted by Crippen LogP contribution is -2.44. The number of aromatic nitrogens is 3.